The van der Waals surface area contributed by atoms with Crippen LogP contribution in [0, 0.1) is 0 Å². The molecule has 3 heterocycles. The quantitative estimate of drug-likeness (QED) is 0.722. The zero-order chi connectivity index (χ0) is 18.8. The molecule has 27 heavy (non-hydrogen) atoms. The van der Waals surface area contributed by atoms with Gasteiger partial charge in [-0.3, -0.25) is 0 Å². The molecule has 1 fully saturated rings. The van der Waals surface area contributed by atoms with E-state index in [1.807, 2.05) is 18.2 Å². The molecule has 4 rings (SSSR count). The number of likely N-dealkylation sites (tertiary alicyclic amines) is 1. The molecule has 7 nitrogen and oxygen atoms in total. The molecule has 140 valence electrons. The van der Waals surface area contributed by atoms with Gasteiger partial charge in [0.1, 0.15) is 11.5 Å². The highest BCUT2D eigenvalue weighted by molar-refractivity contribution is 5.96. The zero-order valence-electron chi connectivity index (χ0n) is 15.3. The predicted octanol–water partition coefficient (Wildman–Crippen LogP) is 3.10. The Morgan fingerprint density at radius 1 is 1.26 bits per heavy atom. The number of aryl methyl sites for hydroxylation is 1. The third-order valence-electron chi connectivity index (χ3n) is 4.98. The highest BCUT2D eigenvalue weighted by Crippen LogP contribution is 2.31. The van der Waals surface area contributed by atoms with E-state index in [0.717, 1.165) is 42.8 Å². The van der Waals surface area contributed by atoms with E-state index in [1.54, 1.807) is 29.9 Å². The molecule has 0 aliphatic carbocycles. The molecular formula is C20H22N4O3. The van der Waals surface area contributed by atoms with Crippen molar-refractivity contribution in [1.29, 1.82) is 0 Å². The van der Waals surface area contributed by atoms with E-state index in [1.165, 1.54) is 12.8 Å². The van der Waals surface area contributed by atoms with E-state index in [0.29, 0.717) is 11.6 Å². The maximum Gasteiger partial charge on any atom is 0.352 e. The van der Waals surface area contributed by atoms with Gasteiger partial charge in [-0.1, -0.05) is 12.1 Å². The van der Waals surface area contributed by atoms with Crippen molar-refractivity contribution in [2.24, 2.45) is 7.05 Å². The lowest BCUT2D eigenvalue weighted by Gasteiger charge is -2.13. The second kappa shape index (κ2) is 7.36. The van der Waals surface area contributed by atoms with E-state index in [4.69, 9.17) is 4.74 Å². The fourth-order valence-corrected chi connectivity index (χ4v) is 3.60. The van der Waals surface area contributed by atoms with Gasteiger partial charge in [-0.2, -0.15) is 4.98 Å². The van der Waals surface area contributed by atoms with Gasteiger partial charge in [0.15, 0.2) is 5.75 Å². The maximum atomic E-state index is 11.4. The number of hydrogen-bond donors (Lipinski definition) is 1. The van der Waals surface area contributed by atoms with Crippen LogP contribution in [-0.2, 0) is 13.5 Å². The Labute approximate surface area is 157 Å². The molecule has 0 atom stereocenters. The second-order valence-corrected chi connectivity index (χ2v) is 6.80. The number of rotatable bonds is 6. The summed E-state index contributed by atoms with van der Waals surface area (Å²) in [7, 11) is 1.72. The average Bonchev–Trinajstić information content (AvgIpc) is 3.29. The van der Waals surface area contributed by atoms with Crippen molar-refractivity contribution < 1.29 is 14.6 Å². The number of aromatic nitrogens is 3. The monoisotopic (exact) mass is 366 g/mol. The van der Waals surface area contributed by atoms with Crippen LogP contribution >= 0.6 is 0 Å². The van der Waals surface area contributed by atoms with Gasteiger partial charge < -0.3 is 19.3 Å². The molecule has 0 spiro atoms. The first kappa shape index (κ1) is 17.5. The molecule has 0 unspecified atom stereocenters. The van der Waals surface area contributed by atoms with Gasteiger partial charge in [0.2, 0.25) is 5.88 Å². The summed E-state index contributed by atoms with van der Waals surface area (Å²) >= 11 is 0. The minimum absolute atomic E-state index is 0.218. The van der Waals surface area contributed by atoms with Crippen LogP contribution < -0.4 is 4.74 Å². The van der Waals surface area contributed by atoms with Gasteiger partial charge in [-0.25, -0.2) is 9.78 Å². The predicted molar refractivity (Wildman–Crippen MR) is 101 cm³/mol. The first-order chi connectivity index (χ1) is 13.1. The summed E-state index contributed by atoms with van der Waals surface area (Å²) in [5.41, 5.74) is 0.946. The van der Waals surface area contributed by atoms with Crippen molar-refractivity contribution in [3.63, 3.8) is 0 Å². The second-order valence-electron chi connectivity index (χ2n) is 6.80. The molecule has 1 aliphatic heterocycles. The van der Waals surface area contributed by atoms with Gasteiger partial charge in [-0.05, 0) is 38.1 Å². The number of nitrogens with zero attached hydrogens (tertiary/aromatic N) is 4. The number of fused-ring (bicyclic) bond motifs is 1. The summed E-state index contributed by atoms with van der Waals surface area (Å²) in [6, 6.07) is 8.90. The molecule has 2 aromatic heterocycles. The highest BCUT2D eigenvalue weighted by atomic mass is 16.5. The number of carbonyl (C=O) groups is 1. The number of para-hydroxylation sites is 1. The topological polar surface area (TPSA) is 80.5 Å². The summed E-state index contributed by atoms with van der Waals surface area (Å²) in [6.45, 7) is 3.26. The summed E-state index contributed by atoms with van der Waals surface area (Å²) in [4.78, 5) is 22.7. The Balaban J connectivity index is 1.57. The van der Waals surface area contributed by atoms with Crippen LogP contribution in [-0.4, -0.2) is 50.1 Å². The van der Waals surface area contributed by atoms with Crippen LogP contribution in [0.15, 0.2) is 36.5 Å². The van der Waals surface area contributed by atoms with Crippen LogP contribution in [0.5, 0.6) is 11.6 Å². The van der Waals surface area contributed by atoms with Gasteiger partial charge in [0.25, 0.3) is 0 Å². The molecule has 0 bridgehead atoms. The largest absolute Gasteiger partial charge is 0.477 e. The van der Waals surface area contributed by atoms with Crippen LogP contribution in [0.4, 0.5) is 0 Å². The van der Waals surface area contributed by atoms with E-state index in [2.05, 4.69) is 14.9 Å². The SMILES string of the molecule is Cn1c(C(=O)O)cc2cccc(Oc3ccnc(CCN4CCCC4)n3)c21. The molecule has 0 saturated carbocycles. The maximum absolute atomic E-state index is 11.4. The minimum atomic E-state index is -0.967. The Bertz CT molecular complexity index is 977. The lowest BCUT2D eigenvalue weighted by molar-refractivity contribution is 0.0687. The van der Waals surface area contributed by atoms with Gasteiger partial charge in [0, 0.05) is 37.7 Å². The van der Waals surface area contributed by atoms with Crippen molar-refractivity contribution in [3.8, 4) is 11.6 Å². The van der Waals surface area contributed by atoms with Crippen molar-refractivity contribution >= 4 is 16.9 Å². The summed E-state index contributed by atoms with van der Waals surface area (Å²) < 4.78 is 7.63. The smallest absolute Gasteiger partial charge is 0.352 e. The first-order valence-corrected chi connectivity index (χ1v) is 9.16. The molecule has 7 heteroatoms. The molecule has 1 aromatic carbocycles. The first-order valence-electron chi connectivity index (χ1n) is 9.16. The number of ether oxygens (including phenoxy) is 1. The Hall–Kier alpha value is -2.93. The van der Waals surface area contributed by atoms with E-state index in [9.17, 15) is 9.90 Å². The van der Waals surface area contributed by atoms with Crippen molar-refractivity contribution in [2.45, 2.75) is 19.3 Å². The van der Waals surface area contributed by atoms with E-state index >= 15 is 0 Å². The molecule has 3 aromatic rings. The fourth-order valence-electron chi connectivity index (χ4n) is 3.60. The number of carboxylic acid groups (broad SMARTS) is 1. The van der Waals surface area contributed by atoms with Crippen molar-refractivity contribution in [3.05, 3.63) is 48.0 Å². The molecule has 1 aliphatic rings. The van der Waals surface area contributed by atoms with Crippen LogP contribution in [0.25, 0.3) is 10.9 Å². The minimum Gasteiger partial charge on any atom is -0.477 e. The molecule has 0 amide bonds. The van der Waals surface area contributed by atoms with Crippen LogP contribution in [0.1, 0.15) is 29.2 Å². The summed E-state index contributed by atoms with van der Waals surface area (Å²) in [5.74, 6) is 0.828. The van der Waals surface area contributed by atoms with Gasteiger partial charge in [0.05, 0.1) is 5.52 Å². The number of hydrogen-bond acceptors (Lipinski definition) is 5. The van der Waals surface area contributed by atoms with E-state index in [-0.39, 0.29) is 5.69 Å². The van der Waals surface area contributed by atoms with Gasteiger partial charge in [-0.15, -0.1) is 0 Å². The Morgan fingerprint density at radius 2 is 2.07 bits per heavy atom. The molecule has 1 N–H and O–H groups in total. The lowest BCUT2D eigenvalue weighted by Crippen LogP contribution is -2.22. The highest BCUT2D eigenvalue weighted by Gasteiger charge is 2.16. The van der Waals surface area contributed by atoms with Crippen molar-refractivity contribution in [1.82, 2.24) is 19.4 Å². The molecular weight excluding hydrogens is 344 g/mol. The van der Waals surface area contributed by atoms with Crippen LogP contribution in [0.3, 0.4) is 0 Å². The number of carboxylic acids is 1. The van der Waals surface area contributed by atoms with Crippen LogP contribution in [0.2, 0.25) is 0 Å². The Kier molecular flexibility index (Phi) is 4.77. The third kappa shape index (κ3) is 3.64. The third-order valence-corrected chi connectivity index (χ3v) is 4.98. The Morgan fingerprint density at radius 3 is 2.85 bits per heavy atom. The normalized spacial score (nSPS) is 14.7. The van der Waals surface area contributed by atoms with E-state index < -0.39 is 5.97 Å². The zero-order valence-corrected chi connectivity index (χ0v) is 15.3. The number of benzene rings is 1. The van der Waals surface area contributed by atoms with Crippen molar-refractivity contribution in [2.75, 3.05) is 19.6 Å². The summed E-state index contributed by atoms with van der Waals surface area (Å²) in [5, 5.41) is 10.2. The fraction of sp³-hybridized carbons (Fsp3) is 0.350. The molecule has 1 saturated heterocycles. The summed E-state index contributed by atoms with van der Waals surface area (Å²) in [6.07, 6.45) is 5.02. The molecule has 0 radical (unpaired) electrons. The average molecular weight is 366 g/mol. The van der Waals surface area contributed by atoms with Gasteiger partial charge >= 0.3 is 5.97 Å². The number of aromatic carboxylic acids is 1. The lowest BCUT2D eigenvalue weighted by atomic mass is 10.2. The standard InChI is InChI=1S/C20H22N4O3/c1-23-15(20(25)26)13-14-5-4-6-16(19(14)23)27-18-7-9-21-17(22-18)8-12-24-10-2-3-11-24/h4-7,9,13H,2-3,8,10-12H2,1H3,(H,25,26).